The van der Waals surface area contributed by atoms with E-state index < -0.39 is 5.82 Å². The smallest absolute Gasteiger partial charge is 0.194 e. The number of halogens is 2. The summed E-state index contributed by atoms with van der Waals surface area (Å²) in [5.74, 6) is -0.547. The summed E-state index contributed by atoms with van der Waals surface area (Å²) in [4.78, 5) is 12.8. The van der Waals surface area contributed by atoms with E-state index in [-0.39, 0.29) is 5.78 Å². The maximum atomic E-state index is 13.4. The molecule has 104 valence electrons. The van der Waals surface area contributed by atoms with Gasteiger partial charge in [-0.1, -0.05) is 22.0 Å². The average molecular weight is 335 g/mol. The fourth-order valence-corrected chi connectivity index (χ4v) is 2.79. The van der Waals surface area contributed by atoms with Crippen LogP contribution in [0.25, 0.3) is 0 Å². The van der Waals surface area contributed by atoms with E-state index >= 15 is 0 Å². The van der Waals surface area contributed by atoms with Crippen molar-refractivity contribution >= 4 is 21.7 Å². The summed E-state index contributed by atoms with van der Waals surface area (Å²) in [5.41, 5.74) is 5.09. The maximum absolute atomic E-state index is 13.4. The minimum atomic E-state index is -0.406. The number of ketones is 1. The highest BCUT2D eigenvalue weighted by Gasteiger charge is 2.19. The van der Waals surface area contributed by atoms with Crippen LogP contribution in [-0.2, 0) is 0 Å². The summed E-state index contributed by atoms with van der Waals surface area (Å²) >= 11 is 3.33. The first-order valence-corrected chi connectivity index (χ1v) is 7.19. The lowest BCUT2D eigenvalue weighted by Crippen LogP contribution is -2.10. The van der Waals surface area contributed by atoms with Crippen LogP contribution in [0.15, 0.2) is 28.7 Å². The Labute approximate surface area is 127 Å². The van der Waals surface area contributed by atoms with E-state index in [1.807, 2.05) is 27.7 Å². The van der Waals surface area contributed by atoms with E-state index in [4.69, 9.17) is 0 Å². The Morgan fingerprint density at radius 3 is 2.10 bits per heavy atom. The Kier molecular flexibility index (Phi) is 4.09. The van der Waals surface area contributed by atoms with Crippen LogP contribution in [0.3, 0.4) is 0 Å². The topological polar surface area (TPSA) is 17.1 Å². The van der Waals surface area contributed by atoms with Crippen LogP contribution < -0.4 is 0 Å². The zero-order valence-corrected chi connectivity index (χ0v) is 13.6. The molecule has 0 aliphatic rings. The lowest BCUT2D eigenvalue weighted by Gasteiger charge is -2.15. The fourth-order valence-electron chi connectivity index (χ4n) is 2.36. The first kappa shape index (κ1) is 14.9. The van der Waals surface area contributed by atoms with Gasteiger partial charge in [-0.3, -0.25) is 4.79 Å². The molecule has 2 aromatic rings. The quantitative estimate of drug-likeness (QED) is 0.702. The third kappa shape index (κ3) is 2.55. The summed E-state index contributed by atoms with van der Waals surface area (Å²) in [6, 6.07) is 6.25. The standard InChI is InChI=1S/C17H16BrFO/c1-9-7-10(2)12(4)16(11(9)3)17(20)14-8-13(19)5-6-15(14)18/h5-8H,1-4H3. The van der Waals surface area contributed by atoms with Gasteiger partial charge < -0.3 is 0 Å². The van der Waals surface area contributed by atoms with Crippen LogP contribution in [0.1, 0.15) is 38.2 Å². The molecule has 0 fully saturated rings. The van der Waals surface area contributed by atoms with Gasteiger partial charge in [0.15, 0.2) is 5.78 Å². The highest BCUT2D eigenvalue weighted by molar-refractivity contribution is 9.10. The van der Waals surface area contributed by atoms with E-state index in [1.165, 1.54) is 12.1 Å². The number of hydrogen-bond donors (Lipinski definition) is 0. The van der Waals surface area contributed by atoms with Crippen molar-refractivity contribution in [3.63, 3.8) is 0 Å². The molecule has 0 amide bonds. The van der Waals surface area contributed by atoms with Gasteiger partial charge in [0.2, 0.25) is 0 Å². The van der Waals surface area contributed by atoms with Gasteiger partial charge in [-0.15, -0.1) is 0 Å². The second kappa shape index (κ2) is 5.49. The number of rotatable bonds is 2. The molecule has 0 aliphatic carbocycles. The summed E-state index contributed by atoms with van der Waals surface area (Å²) in [6.45, 7) is 7.84. The highest BCUT2D eigenvalue weighted by atomic mass is 79.9. The van der Waals surface area contributed by atoms with Gasteiger partial charge in [-0.2, -0.15) is 0 Å². The fraction of sp³-hybridized carbons (Fsp3) is 0.235. The molecule has 0 aliphatic heterocycles. The molecule has 0 bridgehead atoms. The Hall–Kier alpha value is -1.48. The molecule has 0 radical (unpaired) electrons. The van der Waals surface area contributed by atoms with E-state index in [0.29, 0.717) is 15.6 Å². The van der Waals surface area contributed by atoms with Crippen LogP contribution in [0, 0.1) is 33.5 Å². The van der Waals surface area contributed by atoms with Crippen molar-refractivity contribution in [3.05, 3.63) is 67.9 Å². The van der Waals surface area contributed by atoms with Gasteiger partial charge >= 0.3 is 0 Å². The van der Waals surface area contributed by atoms with Crippen LogP contribution in [-0.4, -0.2) is 5.78 Å². The van der Waals surface area contributed by atoms with Gasteiger partial charge in [0.05, 0.1) is 0 Å². The molecule has 0 heterocycles. The van der Waals surface area contributed by atoms with E-state index in [0.717, 1.165) is 22.3 Å². The summed E-state index contributed by atoms with van der Waals surface area (Å²) in [5, 5.41) is 0. The van der Waals surface area contributed by atoms with E-state index in [1.54, 1.807) is 6.07 Å². The van der Waals surface area contributed by atoms with Crippen molar-refractivity contribution in [1.82, 2.24) is 0 Å². The van der Waals surface area contributed by atoms with E-state index in [9.17, 15) is 9.18 Å². The Bertz CT molecular complexity index is 678. The van der Waals surface area contributed by atoms with Crippen molar-refractivity contribution < 1.29 is 9.18 Å². The molecule has 20 heavy (non-hydrogen) atoms. The second-order valence-corrected chi connectivity index (χ2v) is 5.94. The molecule has 0 atom stereocenters. The predicted molar refractivity (Wildman–Crippen MR) is 82.9 cm³/mol. The molecule has 3 heteroatoms. The molecule has 0 unspecified atom stereocenters. The van der Waals surface area contributed by atoms with Crippen molar-refractivity contribution in [2.45, 2.75) is 27.7 Å². The Balaban J connectivity index is 2.68. The third-order valence-electron chi connectivity index (χ3n) is 3.77. The van der Waals surface area contributed by atoms with Crippen molar-refractivity contribution in [2.75, 3.05) is 0 Å². The number of hydrogen-bond acceptors (Lipinski definition) is 1. The largest absolute Gasteiger partial charge is 0.289 e. The van der Waals surface area contributed by atoms with Gasteiger partial charge in [-0.25, -0.2) is 4.39 Å². The molecule has 1 nitrogen and oxygen atoms in total. The predicted octanol–water partition coefficient (Wildman–Crippen LogP) is 5.05. The van der Waals surface area contributed by atoms with Gasteiger partial charge in [0.1, 0.15) is 5.82 Å². The molecular formula is C17H16BrFO. The highest BCUT2D eigenvalue weighted by Crippen LogP contribution is 2.27. The normalized spacial score (nSPS) is 10.7. The Morgan fingerprint density at radius 1 is 1.00 bits per heavy atom. The number of aryl methyl sites for hydroxylation is 2. The maximum Gasteiger partial charge on any atom is 0.194 e. The average Bonchev–Trinajstić information content (AvgIpc) is 2.39. The molecule has 2 rings (SSSR count). The van der Waals surface area contributed by atoms with Gasteiger partial charge in [0.25, 0.3) is 0 Å². The van der Waals surface area contributed by atoms with Crippen molar-refractivity contribution in [1.29, 1.82) is 0 Å². The van der Waals surface area contributed by atoms with Gasteiger partial charge in [-0.05, 0) is 68.1 Å². The zero-order chi connectivity index (χ0) is 15.0. The molecule has 0 N–H and O–H groups in total. The van der Waals surface area contributed by atoms with Crippen LogP contribution in [0.5, 0.6) is 0 Å². The summed E-state index contributed by atoms with van der Waals surface area (Å²) < 4.78 is 14.0. The summed E-state index contributed by atoms with van der Waals surface area (Å²) in [6.07, 6.45) is 0. The molecular weight excluding hydrogens is 319 g/mol. The third-order valence-corrected chi connectivity index (χ3v) is 4.46. The molecule has 0 aromatic heterocycles. The molecule has 0 spiro atoms. The lowest BCUT2D eigenvalue weighted by molar-refractivity contribution is 0.103. The summed E-state index contributed by atoms with van der Waals surface area (Å²) in [7, 11) is 0. The van der Waals surface area contributed by atoms with Crippen molar-refractivity contribution in [3.8, 4) is 0 Å². The SMILES string of the molecule is Cc1cc(C)c(C)c(C(=O)c2cc(F)ccc2Br)c1C. The second-order valence-electron chi connectivity index (χ2n) is 5.09. The number of carbonyl (C=O) groups excluding carboxylic acids is 1. The minimum absolute atomic E-state index is 0.141. The van der Waals surface area contributed by atoms with Crippen molar-refractivity contribution in [2.24, 2.45) is 0 Å². The zero-order valence-electron chi connectivity index (χ0n) is 12.0. The number of benzene rings is 2. The van der Waals surface area contributed by atoms with E-state index in [2.05, 4.69) is 22.0 Å². The first-order valence-electron chi connectivity index (χ1n) is 6.40. The molecule has 2 aromatic carbocycles. The monoisotopic (exact) mass is 334 g/mol. The van der Waals surface area contributed by atoms with Crippen LogP contribution >= 0.6 is 15.9 Å². The number of carbonyl (C=O) groups is 1. The molecule has 0 saturated carbocycles. The first-order chi connectivity index (χ1) is 9.32. The lowest BCUT2D eigenvalue weighted by atomic mass is 9.89. The van der Waals surface area contributed by atoms with Crippen LogP contribution in [0.2, 0.25) is 0 Å². The minimum Gasteiger partial charge on any atom is -0.289 e. The molecule has 0 saturated heterocycles. The Morgan fingerprint density at radius 2 is 1.55 bits per heavy atom. The van der Waals surface area contributed by atoms with Gasteiger partial charge in [0, 0.05) is 15.6 Å². The van der Waals surface area contributed by atoms with Crippen LogP contribution in [0.4, 0.5) is 4.39 Å².